The molecule has 0 fully saturated rings. The summed E-state index contributed by atoms with van der Waals surface area (Å²) >= 11 is 0. The number of hydrogen-bond acceptors (Lipinski definition) is 5. The second-order valence-electron chi connectivity index (χ2n) is 7.32. The number of nitrogens with zero attached hydrogens (tertiary/aromatic N) is 2. The van der Waals surface area contributed by atoms with E-state index in [1.807, 2.05) is 0 Å². The summed E-state index contributed by atoms with van der Waals surface area (Å²) in [7, 11) is 0. The molecule has 0 aromatic heterocycles. The summed E-state index contributed by atoms with van der Waals surface area (Å²) in [5.74, 6) is -2.36. The van der Waals surface area contributed by atoms with Gasteiger partial charge in [-0.15, -0.1) is 0 Å². The fraction of sp³-hybridized carbons (Fsp3) is 0.182. The zero-order valence-electron chi connectivity index (χ0n) is 16.4. The number of benzene rings is 2. The highest BCUT2D eigenvalue weighted by molar-refractivity contribution is 6.33. The number of anilines is 2. The predicted octanol–water partition coefficient (Wildman–Crippen LogP) is 3.50. The van der Waals surface area contributed by atoms with Crippen molar-refractivity contribution in [1.82, 2.24) is 0 Å². The number of rotatable bonds is 6. The molecule has 1 amide bonds. The number of hydrogen-bond donors (Lipinski definition) is 2. The molecule has 7 nitrogen and oxygen atoms in total. The molecule has 164 valence electrons. The first-order valence-corrected chi connectivity index (χ1v) is 9.49. The number of ketones is 1. The van der Waals surface area contributed by atoms with Gasteiger partial charge in [0.15, 0.2) is 5.78 Å². The van der Waals surface area contributed by atoms with E-state index < -0.39 is 23.6 Å². The Morgan fingerprint density at radius 1 is 1.25 bits per heavy atom. The van der Waals surface area contributed by atoms with E-state index >= 15 is 0 Å². The predicted molar refractivity (Wildman–Crippen MR) is 109 cm³/mol. The van der Waals surface area contributed by atoms with Gasteiger partial charge in [0.1, 0.15) is 0 Å². The molecule has 0 saturated heterocycles. The number of alkyl halides is 3. The van der Waals surface area contributed by atoms with Crippen molar-refractivity contribution >= 4 is 35.8 Å². The second kappa shape index (κ2) is 7.95. The Bertz CT molecular complexity index is 1190. The van der Waals surface area contributed by atoms with Gasteiger partial charge in [0.2, 0.25) is 6.41 Å². The van der Waals surface area contributed by atoms with Gasteiger partial charge >= 0.3 is 12.1 Å². The molecule has 0 bridgehead atoms. The van der Waals surface area contributed by atoms with E-state index in [4.69, 9.17) is 0 Å². The van der Waals surface area contributed by atoms with Gasteiger partial charge in [-0.3, -0.25) is 19.4 Å². The van der Waals surface area contributed by atoms with Crippen molar-refractivity contribution in [2.24, 2.45) is 4.99 Å². The zero-order valence-corrected chi connectivity index (χ0v) is 16.4. The summed E-state index contributed by atoms with van der Waals surface area (Å²) in [6, 6.07) is 7.97. The molecule has 2 aromatic carbocycles. The number of carbonyl (C=O) groups is 3. The van der Waals surface area contributed by atoms with Crippen LogP contribution in [0, 0.1) is 0 Å². The summed E-state index contributed by atoms with van der Waals surface area (Å²) in [5, 5.41) is 11.7. The Balaban J connectivity index is 1.84. The van der Waals surface area contributed by atoms with Crippen LogP contribution in [0.15, 0.2) is 53.3 Å². The Morgan fingerprint density at radius 2 is 2.03 bits per heavy atom. The number of amides is 1. The van der Waals surface area contributed by atoms with Crippen LogP contribution in [0.2, 0.25) is 0 Å². The molecule has 1 unspecified atom stereocenters. The Morgan fingerprint density at radius 3 is 2.72 bits per heavy atom. The van der Waals surface area contributed by atoms with Gasteiger partial charge in [0.05, 0.1) is 35.5 Å². The van der Waals surface area contributed by atoms with E-state index in [0.717, 1.165) is 18.3 Å². The quantitative estimate of drug-likeness (QED) is 0.666. The third-order valence-electron chi connectivity index (χ3n) is 5.33. The maximum atomic E-state index is 13.1. The van der Waals surface area contributed by atoms with Crippen molar-refractivity contribution in [3.8, 4) is 0 Å². The number of halogens is 3. The van der Waals surface area contributed by atoms with E-state index in [2.05, 4.69) is 10.3 Å². The number of aliphatic carboxylic acids is 1. The van der Waals surface area contributed by atoms with Crippen LogP contribution in [-0.4, -0.2) is 29.5 Å². The Labute approximate surface area is 179 Å². The number of carbonyl (C=O) groups excluding carboxylic acids is 2. The summed E-state index contributed by atoms with van der Waals surface area (Å²) in [5.41, 5.74) is 1.38. The highest BCUT2D eigenvalue weighted by Crippen LogP contribution is 2.50. The standard InChI is InChI=1S/C22H16F3N3O4/c23-22(24,25)14-3-1-2-12(6-14)10-28-15-5-4-13(7-18(31)32)21(27-11-29)20(15)19-16(28)8-26-9-17(19)30/h1-6,8-9,11,19H,7,10H2,(H,27,29)(H,31,32). The first-order chi connectivity index (χ1) is 15.2. The van der Waals surface area contributed by atoms with E-state index in [1.165, 1.54) is 18.3 Å². The van der Waals surface area contributed by atoms with Gasteiger partial charge in [0.25, 0.3) is 0 Å². The van der Waals surface area contributed by atoms with Gasteiger partial charge in [-0.25, -0.2) is 0 Å². The molecule has 32 heavy (non-hydrogen) atoms. The lowest BCUT2D eigenvalue weighted by atomic mass is 9.90. The van der Waals surface area contributed by atoms with Crippen LogP contribution in [0.5, 0.6) is 0 Å². The van der Waals surface area contributed by atoms with E-state index in [1.54, 1.807) is 17.0 Å². The normalized spacial score (nSPS) is 17.0. The van der Waals surface area contributed by atoms with Gasteiger partial charge in [0, 0.05) is 24.0 Å². The van der Waals surface area contributed by atoms with Crippen LogP contribution in [0.1, 0.15) is 28.2 Å². The van der Waals surface area contributed by atoms with E-state index in [9.17, 15) is 32.7 Å². The van der Waals surface area contributed by atoms with Crippen LogP contribution in [0.4, 0.5) is 24.5 Å². The maximum absolute atomic E-state index is 13.1. The van der Waals surface area contributed by atoms with Crippen LogP contribution >= 0.6 is 0 Å². The number of nitrogens with one attached hydrogen (secondary N) is 1. The van der Waals surface area contributed by atoms with Crippen LogP contribution < -0.4 is 10.2 Å². The lowest BCUT2D eigenvalue weighted by molar-refractivity contribution is -0.138. The van der Waals surface area contributed by atoms with Gasteiger partial charge in [-0.1, -0.05) is 18.2 Å². The molecule has 10 heteroatoms. The zero-order chi connectivity index (χ0) is 23.0. The fourth-order valence-corrected chi connectivity index (χ4v) is 4.06. The lowest BCUT2D eigenvalue weighted by Crippen LogP contribution is -2.24. The molecule has 2 heterocycles. The molecule has 2 aromatic rings. The molecular weight excluding hydrogens is 427 g/mol. The van der Waals surface area contributed by atoms with E-state index in [0.29, 0.717) is 34.5 Å². The number of Topliss-reactive ketones (excluding diaryl/α,β-unsaturated/α-hetero) is 1. The smallest absolute Gasteiger partial charge is 0.416 e. The summed E-state index contributed by atoms with van der Waals surface area (Å²) < 4.78 is 39.4. The average molecular weight is 443 g/mol. The summed E-state index contributed by atoms with van der Waals surface area (Å²) in [4.78, 5) is 40.8. The molecule has 0 saturated carbocycles. The maximum Gasteiger partial charge on any atom is 0.416 e. The van der Waals surface area contributed by atoms with Crippen molar-refractivity contribution < 1.29 is 32.7 Å². The number of carboxylic acid groups (broad SMARTS) is 1. The van der Waals surface area contributed by atoms with Gasteiger partial charge in [-0.05, 0) is 29.3 Å². The topological polar surface area (TPSA) is 99.1 Å². The van der Waals surface area contributed by atoms with Crippen LogP contribution in [0.3, 0.4) is 0 Å². The second-order valence-corrected chi connectivity index (χ2v) is 7.32. The highest BCUT2D eigenvalue weighted by atomic mass is 19.4. The summed E-state index contributed by atoms with van der Waals surface area (Å²) in [6.07, 6.45) is -1.92. The fourth-order valence-electron chi connectivity index (χ4n) is 4.06. The molecule has 2 N–H and O–H groups in total. The molecule has 4 rings (SSSR count). The molecule has 0 spiro atoms. The largest absolute Gasteiger partial charge is 0.481 e. The molecule has 2 aliphatic rings. The average Bonchev–Trinajstić information content (AvgIpc) is 3.04. The minimum atomic E-state index is -4.50. The van der Waals surface area contributed by atoms with Gasteiger partial charge in [-0.2, -0.15) is 13.2 Å². The van der Waals surface area contributed by atoms with Crippen LogP contribution in [-0.2, 0) is 33.5 Å². The number of aliphatic imine (C=N–C) groups is 1. The first-order valence-electron chi connectivity index (χ1n) is 9.49. The Hall–Kier alpha value is -3.95. The van der Waals surface area contributed by atoms with Crippen molar-refractivity contribution in [3.63, 3.8) is 0 Å². The third kappa shape index (κ3) is 3.75. The SMILES string of the molecule is O=CNc1c(CC(=O)O)ccc2c1C1C(=O)C=NC=C1N2Cc1cccc(C(F)(F)F)c1. The minimum Gasteiger partial charge on any atom is -0.481 e. The number of allylic oxidation sites excluding steroid dienone is 1. The number of carboxylic acids is 1. The minimum absolute atomic E-state index is 0.0147. The Kier molecular flexibility index (Phi) is 5.29. The molecule has 1 atom stereocenters. The van der Waals surface area contributed by atoms with Crippen LogP contribution in [0.25, 0.3) is 0 Å². The first kappa shape index (κ1) is 21.3. The van der Waals surface area contributed by atoms with Gasteiger partial charge < -0.3 is 15.3 Å². The van der Waals surface area contributed by atoms with Crippen molar-refractivity contribution in [3.05, 3.63) is 70.5 Å². The lowest BCUT2D eigenvalue weighted by Gasteiger charge is -2.24. The summed E-state index contributed by atoms with van der Waals surface area (Å²) in [6.45, 7) is 0.0147. The molecular formula is C22H16F3N3O4. The molecule has 2 aliphatic heterocycles. The highest BCUT2D eigenvalue weighted by Gasteiger charge is 2.42. The van der Waals surface area contributed by atoms with Crippen molar-refractivity contribution in [2.75, 3.05) is 10.2 Å². The number of fused-ring (bicyclic) bond motifs is 3. The monoisotopic (exact) mass is 443 g/mol. The third-order valence-corrected chi connectivity index (χ3v) is 5.33. The molecule has 0 aliphatic carbocycles. The van der Waals surface area contributed by atoms with E-state index in [-0.39, 0.29) is 24.4 Å². The molecule has 0 radical (unpaired) electrons. The van der Waals surface area contributed by atoms with Crippen molar-refractivity contribution in [1.29, 1.82) is 0 Å². The van der Waals surface area contributed by atoms with Crippen molar-refractivity contribution in [2.45, 2.75) is 25.1 Å².